The Kier molecular flexibility index (Phi) is 6.55. The summed E-state index contributed by atoms with van der Waals surface area (Å²) in [6, 6.07) is 66.8. The summed E-state index contributed by atoms with van der Waals surface area (Å²) < 4.78 is 12.9. The van der Waals surface area contributed by atoms with E-state index in [4.69, 9.17) is 8.83 Å². The van der Waals surface area contributed by atoms with Crippen molar-refractivity contribution < 1.29 is 8.83 Å². The molecular formula is C50H31NO2. The first-order valence-electron chi connectivity index (χ1n) is 18.0. The standard InChI is InChI=1S/C50H31NO2/c1-2-8-32(9-3-1)33-16-22-38(23-17-33)51(40-26-28-42-43-27-20-35-10-4-5-11-41(35)50(43)53-48(42)31-40)39-24-18-34(19-25-39)37-15-14-36-21-29-47-49(45(36)30-37)44-12-6-7-13-46(44)52-47/h1-31H. The number of hydrogen-bond donors (Lipinski definition) is 0. The van der Waals surface area contributed by atoms with Gasteiger partial charge in [-0.2, -0.15) is 0 Å². The number of nitrogens with zero attached hydrogens (tertiary/aromatic N) is 1. The van der Waals surface area contributed by atoms with Crippen LogP contribution in [0.15, 0.2) is 197 Å². The van der Waals surface area contributed by atoms with E-state index in [9.17, 15) is 0 Å². The van der Waals surface area contributed by atoms with Crippen molar-refractivity contribution in [3.05, 3.63) is 188 Å². The van der Waals surface area contributed by atoms with Gasteiger partial charge in [0.1, 0.15) is 22.3 Å². The molecule has 0 aliphatic rings. The van der Waals surface area contributed by atoms with E-state index in [2.05, 4.69) is 181 Å². The highest BCUT2D eigenvalue weighted by Crippen LogP contribution is 2.42. The average molecular weight is 678 g/mol. The molecular weight excluding hydrogens is 647 g/mol. The Balaban J connectivity index is 1.03. The molecule has 11 rings (SSSR count). The summed E-state index contributed by atoms with van der Waals surface area (Å²) >= 11 is 0. The lowest BCUT2D eigenvalue weighted by Crippen LogP contribution is -2.09. The quantitative estimate of drug-likeness (QED) is 0.182. The minimum atomic E-state index is 0.866. The predicted octanol–water partition coefficient (Wildman–Crippen LogP) is 14.6. The molecule has 0 radical (unpaired) electrons. The largest absolute Gasteiger partial charge is 0.456 e. The van der Waals surface area contributed by atoms with E-state index in [0.29, 0.717) is 0 Å². The second-order valence-electron chi connectivity index (χ2n) is 13.7. The van der Waals surface area contributed by atoms with Gasteiger partial charge in [-0.05, 0) is 99.1 Å². The molecule has 11 aromatic rings. The van der Waals surface area contributed by atoms with Gasteiger partial charge in [-0.25, -0.2) is 0 Å². The minimum Gasteiger partial charge on any atom is -0.456 e. The van der Waals surface area contributed by atoms with E-state index in [1.165, 1.54) is 27.3 Å². The van der Waals surface area contributed by atoms with E-state index in [-0.39, 0.29) is 0 Å². The minimum absolute atomic E-state index is 0.866. The molecule has 0 aliphatic carbocycles. The Morgan fingerprint density at radius 1 is 0.302 bits per heavy atom. The van der Waals surface area contributed by atoms with Crippen LogP contribution in [0, 0.1) is 0 Å². The molecule has 0 amide bonds. The van der Waals surface area contributed by atoms with Crippen LogP contribution >= 0.6 is 0 Å². The lowest BCUT2D eigenvalue weighted by atomic mass is 9.98. The highest BCUT2D eigenvalue weighted by atomic mass is 16.3. The lowest BCUT2D eigenvalue weighted by molar-refractivity contribution is 0.669. The average Bonchev–Trinajstić information content (AvgIpc) is 3.80. The van der Waals surface area contributed by atoms with E-state index in [1.54, 1.807) is 0 Å². The van der Waals surface area contributed by atoms with Crippen LogP contribution in [0.5, 0.6) is 0 Å². The second kappa shape index (κ2) is 11.7. The van der Waals surface area contributed by atoms with Gasteiger partial charge in [0.2, 0.25) is 0 Å². The van der Waals surface area contributed by atoms with Crippen LogP contribution < -0.4 is 4.90 Å². The van der Waals surface area contributed by atoms with Crippen LogP contribution in [0.25, 0.3) is 87.7 Å². The maximum atomic E-state index is 6.64. The molecule has 0 fully saturated rings. The highest BCUT2D eigenvalue weighted by Gasteiger charge is 2.18. The molecule has 0 aliphatic heterocycles. The maximum Gasteiger partial charge on any atom is 0.143 e. The van der Waals surface area contributed by atoms with Crippen molar-refractivity contribution in [1.82, 2.24) is 0 Å². The third kappa shape index (κ3) is 4.82. The SMILES string of the molecule is c1ccc(-c2ccc(N(c3ccc(-c4ccc5ccc6oc7ccccc7c6c5c4)cc3)c3ccc4c(c3)oc3c5ccccc5ccc43)cc2)cc1. The zero-order chi connectivity index (χ0) is 34.9. The highest BCUT2D eigenvalue weighted by molar-refractivity contribution is 6.19. The Bertz CT molecular complexity index is 3150. The number of furan rings is 2. The monoisotopic (exact) mass is 677 g/mol. The van der Waals surface area contributed by atoms with Crippen molar-refractivity contribution in [3.8, 4) is 22.3 Å². The van der Waals surface area contributed by atoms with Crippen molar-refractivity contribution in [2.45, 2.75) is 0 Å². The molecule has 2 aromatic heterocycles. The van der Waals surface area contributed by atoms with Crippen molar-refractivity contribution in [1.29, 1.82) is 0 Å². The van der Waals surface area contributed by atoms with Gasteiger partial charge < -0.3 is 13.7 Å². The molecule has 0 bridgehead atoms. The van der Waals surface area contributed by atoms with Crippen LogP contribution in [0.3, 0.4) is 0 Å². The Hall–Kier alpha value is -7.10. The lowest BCUT2D eigenvalue weighted by Gasteiger charge is -2.26. The van der Waals surface area contributed by atoms with Gasteiger partial charge in [0.25, 0.3) is 0 Å². The Morgan fingerprint density at radius 3 is 1.70 bits per heavy atom. The summed E-state index contributed by atoms with van der Waals surface area (Å²) in [5.74, 6) is 0. The van der Waals surface area contributed by atoms with Crippen LogP contribution in [0.4, 0.5) is 17.1 Å². The van der Waals surface area contributed by atoms with E-state index >= 15 is 0 Å². The zero-order valence-electron chi connectivity index (χ0n) is 28.7. The summed E-state index contributed by atoms with van der Waals surface area (Å²) in [6.07, 6.45) is 0. The van der Waals surface area contributed by atoms with Crippen LogP contribution in [0.2, 0.25) is 0 Å². The van der Waals surface area contributed by atoms with Gasteiger partial charge in [0.05, 0.1) is 0 Å². The zero-order valence-corrected chi connectivity index (χ0v) is 28.7. The normalized spacial score (nSPS) is 11.8. The first kappa shape index (κ1) is 29.6. The number of hydrogen-bond acceptors (Lipinski definition) is 3. The first-order valence-corrected chi connectivity index (χ1v) is 18.0. The smallest absolute Gasteiger partial charge is 0.143 e. The van der Waals surface area contributed by atoms with Gasteiger partial charge in [-0.3, -0.25) is 0 Å². The second-order valence-corrected chi connectivity index (χ2v) is 13.7. The summed E-state index contributed by atoms with van der Waals surface area (Å²) in [5.41, 5.74) is 11.5. The fourth-order valence-electron chi connectivity index (χ4n) is 8.04. The maximum absolute atomic E-state index is 6.64. The van der Waals surface area contributed by atoms with Gasteiger partial charge in [-0.15, -0.1) is 0 Å². The van der Waals surface area contributed by atoms with Crippen molar-refractivity contribution in [3.63, 3.8) is 0 Å². The van der Waals surface area contributed by atoms with E-state index in [1.807, 2.05) is 12.1 Å². The summed E-state index contributed by atoms with van der Waals surface area (Å²) in [4.78, 5) is 2.31. The van der Waals surface area contributed by atoms with Crippen LogP contribution in [-0.2, 0) is 0 Å². The number of anilines is 3. The summed E-state index contributed by atoms with van der Waals surface area (Å²) in [6.45, 7) is 0. The van der Waals surface area contributed by atoms with Gasteiger partial charge in [-0.1, -0.05) is 121 Å². The topological polar surface area (TPSA) is 29.5 Å². The summed E-state index contributed by atoms with van der Waals surface area (Å²) in [5, 5.41) is 9.24. The fourth-order valence-corrected chi connectivity index (χ4v) is 8.04. The molecule has 0 unspecified atom stereocenters. The molecule has 3 nitrogen and oxygen atoms in total. The fraction of sp³-hybridized carbons (Fsp3) is 0. The number of benzene rings is 9. The molecule has 9 aromatic carbocycles. The molecule has 53 heavy (non-hydrogen) atoms. The molecule has 0 saturated heterocycles. The molecule has 0 atom stereocenters. The molecule has 0 spiro atoms. The van der Waals surface area contributed by atoms with Crippen molar-refractivity contribution >= 4 is 82.5 Å². The van der Waals surface area contributed by atoms with E-state index < -0.39 is 0 Å². The van der Waals surface area contributed by atoms with Crippen molar-refractivity contribution in [2.75, 3.05) is 4.90 Å². The van der Waals surface area contributed by atoms with E-state index in [0.717, 1.165) is 77.5 Å². The van der Waals surface area contributed by atoms with Gasteiger partial charge in [0.15, 0.2) is 0 Å². The summed E-state index contributed by atoms with van der Waals surface area (Å²) in [7, 11) is 0. The van der Waals surface area contributed by atoms with Gasteiger partial charge >= 0.3 is 0 Å². The Labute approximate surface area is 305 Å². The van der Waals surface area contributed by atoms with Crippen LogP contribution in [0.1, 0.15) is 0 Å². The molecule has 3 heteroatoms. The predicted molar refractivity (Wildman–Crippen MR) is 222 cm³/mol. The number of para-hydroxylation sites is 1. The first-order chi connectivity index (χ1) is 26.2. The van der Waals surface area contributed by atoms with Crippen LogP contribution in [-0.4, -0.2) is 0 Å². The number of fused-ring (bicyclic) bond motifs is 10. The molecule has 248 valence electrons. The number of rotatable bonds is 5. The Morgan fingerprint density at radius 2 is 0.887 bits per heavy atom. The third-order valence-corrected chi connectivity index (χ3v) is 10.7. The molecule has 2 heterocycles. The molecule has 0 saturated carbocycles. The van der Waals surface area contributed by atoms with Crippen molar-refractivity contribution in [2.24, 2.45) is 0 Å². The van der Waals surface area contributed by atoms with Gasteiger partial charge in [0, 0.05) is 50.1 Å². The molecule has 0 N–H and O–H groups in total. The third-order valence-electron chi connectivity index (χ3n) is 10.7.